The fourth-order valence-electron chi connectivity index (χ4n) is 7.14. The third kappa shape index (κ3) is 3.94. The number of hydrogen-bond donors (Lipinski definition) is 3. The van der Waals surface area contributed by atoms with Gasteiger partial charge in [0, 0.05) is 40.5 Å². The van der Waals surface area contributed by atoms with Crippen molar-refractivity contribution in [3.05, 3.63) is 63.3 Å². The third-order valence-corrected chi connectivity index (χ3v) is 9.15. The zero-order chi connectivity index (χ0) is 30.2. The maximum Gasteiger partial charge on any atom is 0.330 e. The number of aliphatic carboxylic acids is 1. The van der Waals surface area contributed by atoms with Gasteiger partial charge in [-0.15, -0.1) is 0 Å². The molecule has 0 aromatic heterocycles. The van der Waals surface area contributed by atoms with Crippen LogP contribution in [0.3, 0.4) is 0 Å². The van der Waals surface area contributed by atoms with E-state index in [1.54, 1.807) is 6.08 Å². The van der Waals surface area contributed by atoms with Crippen molar-refractivity contribution in [2.45, 2.75) is 91.0 Å². The number of phenols is 2. The average Bonchev–Trinajstić information content (AvgIpc) is 3.03. The Hall–Kier alpha value is -3.65. The van der Waals surface area contributed by atoms with Gasteiger partial charge in [0.15, 0.2) is 22.8 Å². The van der Waals surface area contributed by atoms with Crippen LogP contribution in [0.25, 0.3) is 0 Å². The van der Waals surface area contributed by atoms with Gasteiger partial charge in [0.1, 0.15) is 22.8 Å². The van der Waals surface area contributed by atoms with E-state index >= 15 is 0 Å². The second kappa shape index (κ2) is 9.44. The van der Waals surface area contributed by atoms with E-state index in [1.807, 2.05) is 53.7 Å². The maximum absolute atomic E-state index is 14.5. The predicted octanol–water partition coefficient (Wildman–Crippen LogP) is 5.54. The Labute approximate surface area is 240 Å². The molecule has 218 valence electrons. The molecule has 3 N–H and O–H groups in total. The highest BCUT2D eigenvalue weighted by Gasteiger charge is 2.81. The van der Waals surface area contributed by atoms with Gasteiger partial charge in [0.25, 0.3) is 0 Å². The van der Waals surface area contributed by atoms with Crippen molar-refractivity contribution in [3.8, 4) is 17.2 Å². The summed E-state index contributed by atoms with van der Waals surface area (Å²) in [6.45, 7) is 12.8. The van der Waals surface area contributed by atoms with Crippen LogP contribution >= 0.6 is 0 Å². The van der Waals surface area contributed by atoms with Gasteiger partial charge in [-0.1, -0.05) is 35.5 Å². The lowest BCUT2D eigenvalue weighted by Crippen LogP contribution is -2.72. The molecule has 4 bridgehead atoms. The highest BCUT2D eigenvalue weighted by molar-refractivity contribution is 6.18. The highest BCUT2D eigenvalue weighted by Crippen LogP contribution is 2.68. The topological polar surface area (TPSA) is 130 Å². The lowest BCUT2D eigenvalue weighted by atomic mass is 9.51. The number of ether oxygens (including phenoxy) is 2. The molecule has 2 fully saturated rings. The molecule has 8 heteroatoms. The monoisotopic (exact) mass is 562 g/mol. The molecule has 5 aliphatic rings. The van der Waals surface area contributed by atoms with E-state index in [0.717, 1.165) is 11.1 Å². The molecule has 2 heterocycles. The number of carbonyl (C=O) groups is 3. The molecule has 1 aromatic rings. The quantitative estimate of drug-likeness (QED) is 0.292. The zero-order valence-electron chi connectivity index (χ0n) is 24.7. The summed E-state index contributed by atoms with van der Waals surface area (Å²) in [7, 11) is 0. The summed E-state index contributed by atoms with van der Waals surface area (Å²) in [6.07, 6.45) is 7.63. The van der Waals surface area contributed by atoms with Crippen molar-refractivity contribution in [2.75, 3.05) is 0 Å². The summed E-state index contributed by atoms with van der Waals surface area (Å²) >= 11 is 0. The SMILES string of the molecule is CC(C)=CCc1c(O)c(CC=C(C)C)c2c(c1O)C(=O)C1=CC3CC4C(C)(C)OC(C/C=C(/C)C(=O)O)(C3=O)C14O2. The summed E-state index contributed by atoms with van der Waals surface area (Å²) in [5.74, 6) is -3.32. The molecular formula is C33H38O8. The van der Waals surface area contributed by atoms with Gasteiger partial charge in [-0.25, -0.2) is 4.79 Å². The summed E-state index contributed by atoms with van der Waals surface area (Å²) in [6, 6.07) is 0. The van der Waals surface area contributed by atoms with E-state index in [-0.39, 0.29) is 64.6 Å². The molecule has 4 unspecified atom stereocenters. The maximum atomic E-state index is 14.5. The number of ketones is 2. The number of phenolic OH excluding ortho intramolecular Hbond substituents is 2. The van der Waals surface area contributed by atoms with E-state index < -0.39 is 40.4 Å². The Morgan fingerprint density at radius 1 is 0.976 bits per heavy atom. The van der Waals surface area contributed by atoms with Crippen LogP contribution in [0.1, 0.15) is 82.8 Å². The van der Waals surface area contributed by atoms with Crippen LogP contribution in [0.4, 0.5) is 0 Å². The molecule has 4 atom stereocenters. The van der Waals surface area contributed by atoms with Crippen molar-refractivity contribution in [3.63, 3.8) is 0 Å². The zero-order valence-corrected chi connectivity index (χ0v) is 24.7. The van der Waals surface area contributed by atoms with Crippen LogP contribution in [0.2, 0.25) is 0 Å². The first kappa shape index (κ1) is 28.9. The van der Waals surface area contributed by atoms with E-state index in [0.29, 0.717) is 12.0 Å². The number of allylic oxidation sites excluding steroid dienone is 5. The fraction of sp³-hybridized carbons (Fsp3) is 0.485. The van der Waals surface area contributed by atoms with Crippen LogP contribution in [-0.4, -0.2) is 49.7 Å². The Morgan fingerprint density at radius 3 is 2.17 bits per heavy atom. The number of fused-ring (bicyclic) bond motifs is 1. The van der Waals surface area contributed by atoms with Crippen LogP contribution < -0.4 is 4.74 Å². The molecule has 3 aliphatic carbocycles. The third-order valence-electron chi connectivity index (χ3n) is 9.15. The van der Waals surface area contributed by atoms with Gasteiger partial charge < -0.3 is 24.8 Å². The molecule has 1 saturated carbocycles. The van der Waals surface area contributed by atoms with Crippen LogP contribution in [0.15, 0.2) is 46.6 Å². The summed E-state index contributed by atoms with van der Waals surface area (Å²) in [5.41, 5.74) is -1.27. The molecule has 0 radical (unpaired) electrons. The number of aromatic hydroxyl groups is 2. The van der Waals surface area contributed by atoms with Gasteiger partial charge in [-0.2, -0.15) is 0 Å². The van der Waals surface area contributed by atoms with Crippen molar-refractivity contribution < 1.29 is 39.2 Å². The van der Waals surface area contributed by atoms with Gasteiger partial charge >= 0.3 is 5.97 Å². The number of benzene rings is 1. The second-order valence-corrected chi connectivity index (χ2v) is 12.8. The lowest BCUT2D eigenvalue weighted by molar-refractivity contribution is -0.171. The van der Waals surface area contributed by atoms with Gasteiger partial charge in [-0.05, 0) is 67.7 Å². The summed E-state index contributed by atoms with van der Waals surface area (Å²) < 4.78 is 13.5. The first-order valence-corrected chi connectivity index (χ1v) is 14.1. The summed E-state index contributed by atoms with van der Waals surface area (Å²) in [4.78, 5) is 40.2. The molecular weight excluding hydrogens is 524 g/mol. The highest BCUT2D eigenvalue weighted by atomic mass is 16.6. The largest absolute Gasteiger partial charge is 0.507 e. The van der Waals surface area contributed by atoms with E-state index in [2.05, 4.69) is 0 Å². The van der Waals surface area contributed by atoms with Crippen LogP contribution in [-0.2, 0) is 27.2 Å². The van der Waals surface area contributed by atoms with Gasteiger partial charge in [0.2, 0.25) is 0 Å². The van der Waals surface area contributed by atoms with Crippen molar-refractivity contribution in [1.82, 2.24) is 0 Å². The Balaban J connectivity index is 1.81. The number of Topliss-reactive ketones (excluding diaryl/α,β-unsaturated/α-hetero) is 2. The number of rotatable bonds is 7. The van der Waals surface area contributed by atoms with E-state index in [9.17, 15) is 29.7 Å². The molecule has 1 spiro atoms. The average molecular weight is 563 g/mol. The number of carboxylic acids is 1. The first-order valence-electron chi connectivity index (χ1n) is 14.1. The van der Waals surface area contributed by atoms with E-state index in [4.69, 9.17) is 9.47 Å². The minimum Gasteiger partial charge on any atom is -0.507 e. The Morgan fingerprint density at radius 2 is 1.59 bits per heavy atom. The van der Waals surface area contributed by atoms with Crippen molar-refractivity contribution in [2.24, 2.45) is 11.8 Å². The minimum absolute atomic E-state index is 0.0291. The molecule has 0 amide bonds. The van der Waals surface area contributed by atoms with Gasteiger partial charge in [-0.3, -0.25) is 9.59 Å². The Kier molecular flexibility index (Phi) is 6.65. The minimum atomic E-state index is -1.65. The molecule has 6 rings (SSSR count). The van der Waals surface area contributed by atoms with Crippen molar-refractivity contribution in [1.29, 1.82) is 0 Å². The number of carboxylic acid groups (broad SMARTS) is 1. The predicted molar refractivity (Wildman–Crippen MR) is 152 cm³/mol. The smallest absolute Gasteiger partial charge is 0.330 e. The summed E-state index contributed by atoms with van der Waals surface area (Å²) in [5, 5.41) is 32.5. The van der Waals surface area contributed by atoms with Crippen molar-refractivity contribution >= 4 is 17.5 Å². The fourth-order valence-corrected chi connectivity index (χ4v) is 7.14. The second-order valence-electron chi connectivity index (χ2n) is 12.8. The molecule has 1 saturated heterocycles. The van der Waals surface area contributed by atoms with Crippen LogP contribution in [0, 0.1) is 11.8 Å². The molecule has 41 heavy (non-hydrogen) atoms. The van der Waals surface area contributed by atoms with Crippen LogP contribution in [0.5, 0.6) is 17.2 Å². The molecule has 2 aliphatic heterocycles. The van der Waals surface area contributed by atoms with Gasteiger partial charge in [0.05, 0.1) is 5.60 Å². The lowest BCUT2D eigenvalue weighted by Gasteiger charge is -2.56. The molecule has 8 nitrogen and oxygen atoms in total. The Bertz CT molecular complexity index is 1510. The molecule has 1 aromatic carbocycles. The number of carbonyl (C=O) groups excluding carboxylic acids is 2. The first-order chi connectivity index (χ1) is 19.1. The van der Waals surface area contributed by atoms with E-state index in [1.165, 1.54) is 13.0 Å². The standard InChI is InChI=1S/C33H38O8/c1-16(2)8-10-20-25(34)21(11-9-17(3)4)28-24(26(20)35)27(36)22-14-19-15-23-31(6,7)41-32(29(19)37,33(22,23)40-28)13-12-18(5)30(38)39/h8-9,12,14,19,23,34-35H,10-11,13,15H2,1-7H3,(H,38,39)/b18-12-. The number of hydrogen-bond acceptors (Lipinski definition) is 7. The normalized spacial score (nSPS) is 28.9.